The van der Waals surface area contributed by atoms with Crippen molar-refractivity contribution in [1.82, 2.24) is 14.9 Å². The summed E-state index contributed by atoms with van der Waals surface area (Å²) in [4.78, 5) is 20.2. The van der Waals surface area contributed by atoms with Gasteiger partial charge < -0.3 is 25.4 Å². The molecular formula is C14H21N5O5. The minimum atomic E-state index is -1.21. The summed E-state index contributed by atoms with van der Waals surface area (Å²) in [5.41, 5.74) is 0.621. The molecule has 10 heteroatoms. The molecule has 0 bridgehead atoms. The number of imidazole rings is 1. The summed E-state index contributed by atoms with van der Waals surface area (Å²) >= 11 is 0. The predicted octanol–water partition coefficient (Wildman–Crippen LogP) is -1.45. The van der Waals surface area contributed by atoms with Crippen molar-refractivity contribution >= 4 is 17.7 Å². The number of aliphatic hydroxyl groups is 3. The van der Waals surface area contributed by atoms with E-state index in [4.69, 9.17) is 4.74 Å². The number of carbonyl (C=O) groups is 1. The van der Waals surface area contributed by atoms with Gasteiger partial charge in [0.05, 0.1) is 19.5 Å². The molecule has 2 aliphatic heterocycles. The van der Waals surface area contributed by atoms with E-state index in [1.165, 1.54) is 10.9 Å². The fourth-order valence-electron chi connectivity index (χ4n) is 2.59. The van der Waals surface area contributed by atoms with E-state index in [1.807, 2.05) is 0 Å². The SMILES string of the molecule is CC(C)C(=O)NC1=NCc2ncn(C3OC(CO)C(O)C3O)c2N1. The first-order valence-electron chi connectivity index (χ1n) is 7.72. The maximum atomic E-state index is 11.8. The van der Waals surface area contributed by atoms with Gasteiger partial charge in [-0.2, -0.15) is 0 Å². The predicted molar refractivity (Wildman–Crippen MR) is 83.0 cm³/mol. The van der Waals surface area contributed by atoms with Crippen LogP contribution in [0.1, 0.15) is 25.8 Å². The molecule has 4 unspecified atom stereocenters. The minimum absolute atomic E-state index is 0.177. The second-order valence-corrected chi connectivity index (χ2v) is 6.11. The Hall–Kier alpha value is -2.01. The number of carbonyl (C=O) groups excluding carboxylic acids is 1. The third kappa shape index (κ3) is 2.88. The van der Waals surface area contributed by atoms with Crippen LogP contribution < -0.4 is 10.6 Å². The van der Waals surface area contributed by atoms with Gasteiger partial charge in [-0.05, 0) is 0 Å². The monoisotopic (exact) mass is 339 g/mol. The van der Waals surface area contributed by atoms with Crippen molar-refractivity contribution in [3.05, 3.63) is 12.0 Å². The lowest BCUT2D eigenvalue weighted by Gasteiger charge is -2.22. The third-order valence-electron chi connectivity index (χ3n) is 4.05. The van der Waals surface area contributed by atoms with Crippen molar-refractivity contribution < 1.29 is 24.9 Å². The van der Waals surface area contributed by atoms with Gasteiger partial charge in [-0.1, -0.05) is 13.8 Å². The number of ether oxygens (including phenoxy) is 1. The van der Waals surface area contributed by atoms with Crippen LogP contribution in [0.3, 0.4) is 0 Å². The lowest BCUT2D eigenvalue weighted by atomic mass is 10.1. The molecule has 132 valence electrons. The highest BCUT2D eigenvalue weighted by atomic mass is 16.6. The maximum Gasteiger partial charge on any atom is 0.229 e. The second-order valence-electron chi connectivity index (χ2n) is 6.11. The van der Waals surface area contributed by atoms with Crippen LogP contribution in [0.2, 0.25) is 0 Å². The molecule has 0 radical (unpaired) electrons. The zero-order chi connectivity index (χ0) is 17.4. The number of aliphatic imine (C=N–C) groups is 1. The van der Waals surface area contributed by atoms with E-state index >= 15 is 0 Å². The summed E-state index contributed by atoms with van der Waals surface area (Å²) in [5, 5.41) is 34.9. The van der Waals surface area contributed by atoms with Gasteiger partial charge in [0.25, 0.3) is 0 Å². The first-order chi connectivity index (χ1) is 11.4. The number of guanidine groups is 1. The summed E-state index contributed by atoms with van der Waals surface area (Å²) in [6.45, 7) is 3.40. The highest BCUT2D eigenvalue weighted by molar-refractivity contribution is 6.05. The number of hydrogen-bond donors (Lipinski definition) is 5. The van der Waals surface area contributed by atoms with Gasteiger partial charge in [-0.25, -0.2) is 9.98 Å². The number of fused-ring (bicyclic) bond motifs is 1. The van der Waals surface area contributed by atoms with E-state index in [0.29, 0.717) is 11.5 Å². The van der Waals surface area contributed by atoms with Gasteiger partial charge in [0.15, 0.2) is 6.23 Å². The molecule has 1 fully saturated rings. The molecule has 0 spiro atoms. The number of anilines is 1. The molecule has 10 nitrogen and oxygen atoms in total. The van der Waals surface area contributed by atoms with Gasteiger partial charge in [0, 0.05) is 5.92 Å². The number of aromatic nitrogens is 2. The van der Waals surface area contributed by atoms with Gasteiger partial charge in [0.2, 0.25) is 11.9 Å². The molecule has 4 atom stereocenters. The van der Waals surface area contributed by atoms with Gasteiger partial charge in [-0.3, -0.25) is 14.7 Å². The lowest BCUT2D eigenvalue weighted by Crippen LogP contribution is -2.40. The van der Waals surface area contributed by atoms with Crippen LogP contribution in [-0.4, -0.2) is 61.7 Å². The first-order valence-corrected chi connectivity index (χ1v) is 7.72. The quantitative estimate of drug-likeness (QED) is 0.453. The van der Waals surface area contributed by atoms with Crippen LogP contribution >= 0.6 is 0 Å². The summed E-state index contributed by atoms with van der Waals surface area (Å²) in [7, 11) is 0. The van der Waals surface area contributed by atoms with Crippen LogP contribution in [0.4, 0.5) is 5.82 Å². The van der Waals surface area contributed by atoms with Crippen LogP contribution in [0.15, 0.2) is 11.3 Å². The van der Waals surface area contributed by atoms with Crippen molar-refractivity contribution in [1.29, 1.82) is 0 Å². The average molecular weight is 339 g/mol. The van der Waals surface area contributed by atoms with Crippen LogP contribution in [0.25, 0.3) is 0 Å². The van der Waals surface area contributed by atoms with E-state index in [9.17, 15) is 20.1 Å². The summed E-state index contributed by atoms with van der Waals surface area (Å²) < 4.78 is 7.03. The first kappa shape index (κ1) is 16.8. The zero-order valence-electron chi connectivity index (χ0n) is 13.4. The van der Waals surface area contributed by atoms with Gasteiger partial charge in [0.1, 0.15) is 29.8 Å². The normalized spacial score (nSPS) is 29.2. The topological polar surface area (TPSA) is 141 Å². The van der Waals surface area contributed by atoms with Gasteiger partial charge in [-0.15, -0.1) is 0 Å². The number of rotatable bonds is 3. The molecule has 3 heterocycles. The number of aliphatic hydroxyl groups excluding tert-OH is 3. The van der Waals surface area contributed by atoms with E-state index < -0.39 is 31.1 Å². The van der Waals surface area contributed by atoms with Crippen molar-refractivity contribution in [2.75, 3.05) is 11.9 Å². The number of nitrogens with zero attached hydrogens (tertiary/aromatic N) is 3. The molecule has 0 aromatic carbocycles. The molecule has 0 aliphatic carbocycles. The molecule has 2 aliphatic rings. The molecule has 5 N–H and O–H groups in total. The standard InChI is InChI=1S/C14H21N5O5/c1-6(2)12(23)18-14-15-3-7-11(17-14)19(5-16-7)13-10(22)9(21)8(4-20)24-13/h5-6,8-10,13,20-22H,3-4H2,1-2H3,(H2,15,17,18,23). The summed E-state index contributed by atoms with van der Waals surface area (Å²) in [6.07, 6.45) is -2.73. The Kier molecular flexibility index (Phi) is 4.54. The van der Waals surface area contributed by atoms with Crippen molar-refractivity contribution in [2.24, 2.45) is 10.9 Å². The third-order valence-corrected chi connectivity index (χ3v) is 4.05. The number of amides is 1. The summed E-state index contributed by atoms with van der Waals surface area (Å²) in [6, 6.07) is 0. The molecule has 1 saturated heterocycles. The van der Waals surface area contributed by atoms with E-state index in [-0.39, 0.29) is 24.3 Å². The van der Waals surface area contributed by atoms with Crippen LogP contribution in [-0.2, 0) is 16.1 Å². The smallest absolute Gasteiger partial charge is 0.229 e. The number of hydrogen-bond acceptors (Lipinski definition) is 8. The second kappa shape index (κ2) is 6.48. The van der Waals surface area contributed by atoms with Crippen molar-refractivity contribution in [3.8, 4) is 0 Å². The molecule has 1 aromatic rings. The highest BCUT2D eigenvalue weighted by Crippen LogP contribution is 2.33. The van der Waals surface area contributed by atoms with Gasteiger partial charge >= 0.3 is 0 Å². The molecule has 3 rings (SSSR count). The fraction of sp³-hybridized carbons (Fsp3) is 0.643. The van der Waals surface area contributed by atoms with Crippen LogP contribution in [0, 0.1) is 5.92 Å². The van der Waals surface area contributed by atoms with Crippen molar-refractivity contribution in [2.45, 2.75) is 44.9 Å². The van der Waals surface area contributed by atoms with E-state index in [0.717, 1.165) is 0 Å². The van der Waals surface area contributed by atoms with E-state index in [2.05, 4.69) is 20.6 Å². The van der Waals surface area contributed by atoms with Crippen LogP contribution in [0.5, 0.6) is 0 Å². The molecule has 24 heavy (non-hydrogen) atoms. The maximum absolute atomic E-state index is 11.8. The Morgan fingerprint density at radius 1 is 1.50 bits per heavy atom. The molecule has 0 saturated carbocycles. The fourth-order valence-corrected chi connectivity index (χ4v) is 2.59. The Bertz CT molecular complexity index is 658. The highest BCUT2D eigenvalue weighted by Gasteiger charge is 2.44. The Morgan fingerprint density at radius 3 is 2.88 bits per heavy atom. The summed E-state index contributed by atoms with van der Waals surface area (Å²) in [5.74, 6) is 0.429. The van der Waals surface area contributed by atoms with E-state index in [1.54, 1.807) is 13.8 Å². The number of nitrogens with one attached hydrogen (secondary N) is 2. The lowest BCUT2D eigenvalue weighted by molar-refractivity contribution is -0.122. The Morgan fingerprint density at radius 2 is 2.25 bits per heavy atom. The Balaban J connectivity index is 1.79. The Labute approximate surface area is 138 Å². The average Bonchev–Trinajstić information content (AvgIpc) is 3.09. The molecule has 1 aromatic heterocycles. The minimum Gasteiger partial charge on any atom is -0.394 e. The largest absolute Gasteiger partial charge is 0.394 e. The zero-order valence-corrected chi connectivity index (χ0v) is 13.4. The molecule has 1 amide bonds. The van der Waals surface area contributed by atoms with Crippen molar-refractivity contribution in [3.63, 3.8) is 0 Å². The molecular weight excluding hydrogens is 318 g/mol.